The summed E-state index contributed by atoms with van der Waals surface area (Å²) in [5.74, 6) is 0.449. The molecule has 0 spiro atoms. The van der Waals surface area contributed by atoms with Gasteiger partial charge >= 0.3 is 0 Å². The highest BCUT2D eigenvalue weighted by atomic mass is 19.1. The summed E-state index contributed by atoms with van der Waals surface area (Å²) >= 11 is 0. The number of hydrogen-bond acceptors (Lipinski definition) is 1. The molecule has 3 aromatic rings. The monoisotopic (exact) mass is 267 g/mol. The Labute approximate surface area is 116 Å². The predicted molar refractivity (Wildman–Crippen MR) is 80.2 cm³/mol. The van der Waals surface area contributed by atoms with Gasteiger partial charge in [-0.3, -0.25) is 4.57 Å². The van der Waals surface area contributed by atoms with E-state index >= 15 is 0 Å². The minimum absolute atomic E-state index is 0.309. The van der Waals surface area contributed by atoms with Crippen LogP contribution in [0.5, 0.6) is 5.75 Å². The lowest BCUT2D eigenvalue weighted by Crippen LogP contribution is -1.89. The topological polar surface area (TPSA) is 14.2 Å². The molecule has 0 amide bonds. The molecule has 20 heavy (non-hydrogen) atoms. The fraction of sp³-hybridized carbons (Fsp3) is 0.0588. The molecule has 1 aromatic heterocycles. The number of rotatable bonds is 3. The number of nitrogens with zero attached hydrogens (tertiary/aromatic N) is 1. The number of aromatic nitrogens is 1. The number of ether oxygens (including phenoxy) is 1. The zero-order chi connectivity index (χ0) is 13.9. The molecule has 0 aliphatic carbocycles. The van der Waals surface area contributed by atoms with Gasteiger partial charge in [-0.05, 0) is 35.9 Å². The lowest BCUT2D eigenvalue weighted by molar-refractivity contribution is 0.415. The second kappa shape index (κ2) is 5.21. The van der Waals surface area contributed by atoms with Gasteiger partial charge in [-0.1, -0.05) is 30.3 Å². The van der Waals surface area contributed by atoms with Gasteiger partial charge in [0, 0.05) is 11.6 Å². The maximum atomic E-state index is 14.4. The molecule has 100 valence electrons. The van der Waals surface area contributed by atoms with Crippen molar-refractivity contribution in [3.05, 3.63) is 66.4 Å². The van der Waals surface area contributed by atoms with E-state index in [9.17, 15) is 4.39 Å². The van der Waals surface area contributed by atoms with Crippen molar-refractivity contribution in [3.8, 4) is 5.75 Å². The van der Waals surface area contributed by atoms with Crippen LogP contribution in [0.4, 0.5) is 4.39 Å². The molecule has 0 saturated heterocycles. The van der Waals surface area contributed by atoms with Gasteiger partial charge in [0.15, 0.2) is 5.95 Å². The summed E-state index contributed by atoms with van der Waals surface area (Å²) in [6.45, 7) is 0. The summed E-state index contributed by atoms with van der Waals surface area (Å²) in [6.07, 6.45) is 3.24. The molecule has 0 atom stereocenters. The molecule has 3 heteroatoms. The number of fused-ring (bicyclic) bond motifs is 1. The first kappa shape index (κ1) is 12.5. The van der Waals surface area contributed by atoms with Crippen LogP contribution in [0, 0.1) is 0 Å². The largest absolute Gasteiger partial charge is 0.497 e. The second-order valence-corrected chi connectivity index (χ2v) is 4.48. The van der Waals surface area contributed by atoms with Crippen molar-refractivity contribution < 1.29 is 9.13 Å². The van der Waals surface area contributed by atoms with Crippen molar-refractivity contribution in [2.45, 2.75) is 0 Å². The summed E-state index contributed by atoms with van der Waals surface area (Å²) < 4.78 is 21.0. The molecule has 0 aliphatic rings. The van der Waals surface area contributed by atoms with Crippen LogP contribution in [0.3, 0.4) is 0 Å². The van der Waals surface area contributed by atoms with Gasteiger partial charge in [-0.2, -0.15) is 4.39 Å². The minimum Gasteiger partial charge on any atom is -0.497 e. The Balaban J connectivity index is 1.98. The normalized spacial score (nSPS) is 11.8. The summed E-state index contributed by atoms with van der Waals surface area (Å²) in [4.78, 5) is 0. The summed E-state index contributed by atoms with van der Waals surface area (Å²) in [7, 11) is 1.61. The fourth-order valence-electron chi connectivity index (χ4n) is 2.18. The number of hydrogen-bond donors (Lipinski definition) is 0. The highest BCUT2D eigenvalue weighted by Crippen LogP contribution is 2.22. The van der Waals surface area contributed by atoms with Crippen LogP contribution in [0.15, 0.2) is 60.8 Å². The number of methoxy groups -OCH3 is 1. The van der Waals surface area contributed by atoms with Crippen LogP contribution in [0.1, 0.15) is 5.56 Å². The first-order valence-electron chi connectivity index (χ1n) is 6.35. The molecule has 2 nitrogen and oxygen atoms in total. The van der Waals surface area contributed by atoms with Crippen LogP contribution in [-0.2, 0) is 0 Å². The maximum absolute atomic E-state index is 14.4. The minimum atomic E-state index is -0.309. The Kier molecular flexibility index (Phi) is 3.25. The fourth-order valence-corrected chi connectivity index (χ4v) is 2.18. The summed E-state index contributed by atoms with van der Waals surface area (Å²) in [6, 6.07) is 16.9. The Morgan fingerprint density at radius 2 is 1.80 bits per heavy atom. The molecule has 0 aliphatic heterocycles. The maximum Gasteiger partial charge on any atom is 0.198 e. The van der Waals surface area contributed by atoms with Crippen LogP contribution in [0.2, 0.25) is 0 Å². The molecule has 0 N–H and O–H groups in total. The van der Waals surface area contributed by atoms with Crippen LogP contribution >= 0.6 is 0 Å². The first-order chi connectivity index (χ1) is 9.78. The highest BCUT2D eigenvalue weighted by Gasteiger charge is 2.04. The third-order valence-electron chi connectivity index (χ3n) is 3.23. The molecular formula is C17H14FNO. The van der Waals surface area contributed by atoms with Crippen molar-refractivity contribution in [1.82, 2.24) is 4.57 Å². The molecule has 3 rings (SSSR count). The predicted octanol–water partition coefficient (Wildman–Crippen LogP) is 4.58. The smallest absolute Gasteiger partial charge is 0.198 e. The average molecular weight is 267 g/mol. The van der Waals surface area contributed by atoms with E-state index in [4.69, 9.17) is 4.74 Å². The average Bonchev–Trinajstić information content (AvgIpc) is 2.92. The van der Waals surface area contributed by atoms with E-state index in [2.05, 4.69) is 0 Å². The van der Waals surface area contributed by atoms with Gasteiger partial charge < -0.3 is 4.74 Å². The Bertz CT molecular complexity index is 756. The molecule has 0 unspecified atom stereocenters. The van der Waals surface area contributed by atoms with Gasteiger partial charge in [-0.15, -0.1) is 0 Å². The van der Waals surface area contributed by atoms with Gasteiger partial charge in [0.2, 0.25) is 0 Å². The van der Waals surface area contributed by atoms with Crippen LogP contribution < -0.4 is 4.74 Å². The van der Waals surface area contributed by atoms with Gasteiger partial charge in [0.25, 0.3) is 0 Å². The van der Waals surface area contributed by atoms with E-state index in [1.165, 1.54) is 6.08 Å². The van der Waals surface area contributed by atoms with E-state index < -0.39 is 0 Å². The molecule has 0 saturated carbocycles. The quantitative estimate of drug-likeness (QED) is 0.677. The zero-order valence-corrected chi connectivity index (χ0v) is 11.1. The van der Waals surface area contributed by atoms with Crippen molar-refractivity contribution in [2.75, 3.05) is 7.11 Å². The van der Waals surface area contributed by atoms with Crippen molar-refractivity contribution in [2.24, 2.45) is 0 Å². The van der Waals surface area contributed by atoms with E-state index in [1.54, 1.807) is 17.9 Å². The Morgan fingerprint density at radius 1 is 1.05 bits per heavy atom. The van der Waals surface area contributed by atoms with E-state index in [-0.39, 0.29) is 5.95 Å². The molecular weight excluding hydrogens is 253 g/mol. The third kappa shape index (κ3) is 2.30. The molecule has 0 radical (unpaired) electrons. The number of benzene rings is 2. The van der Waals surface area contributed by atoms with Crippen LogP contribution in [0.25, 0.3) is 22.9 Å². The zero-order valence-electron chi connectivity index (χ0n) is 11.1. The van der Waals surface area contributed by atoms with Gasteiger partial charge in [0.1, 0.15) is 5.75 Å². The van der Waals surface area contributed by atoms with Crippen molar-refractivity contribution >= 4 is 22.9 Å². The number of halogens is 1. The molecule has 0 bridgehead atoms. The molecule has 1 heterocycles. The SMILES string of the molecule is COc1ccc(/C=C(\F)n2ccc3ccccc32)cc1. The van der Waals surface area contributed by atoms with E-state index in [1.807, 2.05) is 54.6 Å². The summed E-state index contributed by atoms with van der Waals surface area (Å²) in [5, 5.41) is 1.02. The van der Waals surface area contributed by atoms with Crippen LogP contribution in [-0.4, -0.2) is 11.7 Å². The molecule has 2 aromatic carbocycles. The lowest BCUT2D eigenvalue weighted by atomic mass is 10.2. The van der Waals surface area contributed by atoms with E-state index in [0.717, 1.165) is 22.2 Å². The second-order valence-electron chi connectivity index (χ2n) is 4.48. The van der Waals surface area contributed by atoms with Gasteiger partial charge in [-0.25, -0.2) is 0 Å². The Hall–Kier alpha value is -2.55. The number of para-hydroxylation sites is 1. The van der Waals surface area contributed by atoms with Gasteiger partial charge in [0.05, 0.1) is 12.6 Å². The van der Waals surface area contributed by atoms with E-state index in [0.29, 0.717) is 0 Å². The Morgan fingerprint density at radius 3 is 2.55 bits per heavy atom. The lowest BCUT2D eigenvalue weighted by Gasteiger charge is -2.03. The summed E-state index contributed by atoms with van der Waals surface area (Å²) in [5.41, 5.74) is 1.65. The van der Waals surface area contributed by atoms with Crippen molar-refractivity contribution in [1.29, 1.82) is 0 Å². The third-order valence-corrected chi connectivity index (χ3v) is 3.23. The highest BCUT2D eigenvalue weighted by molar-refractivity contribution is 5.84. The first-order valence-corrected chi connectivity index (χ1v) is 6.35. The van der Waals surface area contributed by atoms with Crippen molar-refractivity contribution in [3.63, 3.8) is 0 Å². The standard InChI is InChI=1S/C17H14FNO/c1-20-15-8-6-13(7-9-15)12-17(18)19-11-10-14-4-2-3-5-16(14)19/h2-12H,1H3/b17-12+. The molecule has 0 fully saturated rings.